The van der Waals surface area contributed by atoms with E-state index in [9.17, 15) is 13.2 Å². The number of nitrogens with one attached hydrogen (secondary N) is 2. The summed E-state index contributed by atoms with van der Waals surface area (Å²) in [6.07, 6.45) is 2.89. The van der Waals surface area contributed by atoms with Gasteiger partial charge in [-0.05, 0) is 43.0 Å². The van der Waals surface area contributed by atoms with Crippen LogP contribution in [-0.2, 0) is 16.4 Å². The highest BCUT2D eigenvalue weighted by Gasteiger charge is 2.26. The summed E-state index contributed by atoms with van der Waals surface area (Å²) in [6.45, 7) is 0.444. The molecule has 0 atom stereocenters. The lowest BCUT2D eigenvalue weighted by Crippen LogP contribution is -2.26. The number of sulfonamides is 1. The first-order valence-corrected chi connectivity index (χ1v) is 8.93. The van der Waals surface area contributed by atoms with E-state index in [0.29, 0.717) is 24.6 Å². The van der Waals surface area contributed by atoms with E-state index in [1.165, 1.54) is 12.1 Å². The van der Waals surface area contributed by atoms with Crippen molar-refractivity contribution in [1.82, 2.24) is 15.5 Å². The molecule has 122 valence electrons. The van der Waals surface area contributed by atoms with Crippen molar-refractivity contribution in [1.29, 1.82) is 0 Å². The van der Waals surface area contributed by atoms with Gasteiger partial charge < -0.3 is 5.32 Å². The number of carbonyl (C=O) groups excluding carboxylic acids is 1. The number of benzene rings is 1. The molecule has 0 saturated heterocycles. The van der Waals surface area contributed by atoms with Gasteiger partial charge in [0, 0.05) is 18.2 Å². The maximum Gasteiger partial charge on any atom is 0.271 e. The standard InChI is InChI=1S/C15H18N4O3S/c16-23(21,22)12-5-1-10(2-6-12)7-8-17-15(20)14-9-13(18-19-14)11-3-4-11/h1-2,5-6,9,11H,3-4,7-8H2,(H,17,20)(H,18,19)(H2,16,21,22). The Morgan fingerprint density at radius 3 is 2.61 bits per heavy atom. The van der Waals surface area contributed by atoms with Crippen LogP contribution in [0.15, 0.2) is 35.2 Å². The largest absolute Gasteiger partial charge is 0.350 e. The second-order valence-corrected chi connectivity index (χ2v) is 7.24. The van der Waals surface area contributed by atoms with E-state index in [1.807, 2.05) is 0 Å². The van der Waals surface area contributed by atoms with Crippen LogP contribution in [0.4, 0.5) is 0 Å². The summed E-state index contributed by atoms with van der Waals surface area (Å²) in [5.41, 5.74) is 2.34. The molecule has 4 N–H and O–H groups in total. The lowest BCUT2D eigenvalue weighted by molar-refractivity contribution is 0.0949. The number of H-pyrrole nitrogens is 1. The molecule has 0 spiro atoms. The zero-order valence-corrected chi connectivity index (χ0v) is 13.3. The number of hydrogen-bond acceptors (Lipinski definition) is 4. The third-order valence-electron chi connectivity index (χ3n) is 3.80. The number of aromatic nitrogens is 2. The zero-order chi connectivity index (χ0) is 16.4. The van der Waals surface area contributed by atoms with Crippen LogP contribution in [0.2, 0.25) is 0 Å². The predicted octanol–water partition coefficient (Wildman–Crippen LogP) is 0.907. The van der Waals surface area contributed by atoms with Crippen LogP contribution in [0.3, 0.4) is 0 Å². The number of carbonyl (C=O) groups is 1. The Balaban J connectivity index is 1.51. The molecule has 1 aliphatic rings. The van der Waals surface area contributed by atoms with E-state index in [1.54, 1.807) is 18.2 Å². The van der Waals surface area contributed by atoms with Crippen LogP contribution in [0.1, 0.15) is 40.5 Å². The molecule has 0 bridgehead atoms. The molecular weight excluding hydrogens is 316 g/mol. The average molecular weight is 334 g/mol. The number of primary sulfonamides is 1. The number of nitrogens with two attached hydrogens (primary N) is 1. The second kappa shape index (κ2) is 6.13. The van der Waals surface area contributed by atoms with Gasteiger partial charge in [-0.3, -0.25) is 9.89 Å². The maximum absolute atomic E-state index is 12.0. The van der Waals surface area contributed by atoms with E-state index in [0.717, 1.165) is 24.1 Å². The number of hydrogen-bond donors (Lipinski definition) is 3. The van der Waals surface area contributed by atoms with Crippen molar-refractivity contribution >= 4 is 15.9 Å². The van der Waals surface area contributed by atoms with Crippen molar-refractivity contribution in [2.75, 3.05) is 6.54 Å². The van der Waals surface area contributed by atoms with Crippen molar-refractivity contribution < 1.29 is 13.2 Å². The van der Waals surface area contributed by atoms with Gasteiger partial charge in [-0.2, -0.15) is 5.10 Å². The average Bonchev–Trinajstić information content (AvgIpc) is 3.24. The Kier molecular flexibility index (Phi) is 4.18. The Labute approximate surface area is 134 Å². The summed E-state index contributed by atoms with van der Waals surface area (Å²) in [5, 5.41) is 14.8. The number of amides is 1. The molecule has 1 heterocycles. The molecule has 7 nitrogen and oxygen atoms in total. The summed E-state index contributed by atoms with van der Waals surface area (Å²) < 4.78 is 22.3. The van der Waals surface area contributed by atoms with E-state index in [4.69, 9.17) is 5.14 Å². The smallest absolute Gasteiger partial charge is 0.271 e. The molecule has 1 fully saturated rings. The van der Waals surface area contributed by atoms with Crippen molar-refractivity contribution in [3.05, 3.63) is 47.3 Å². The first-order chi connectivity index (χ1) is 10.9. The van der Waals surface area contributed by atoms with E-state index in [2.05, 4.69) is 15.5 Å². The van der Waals surface area contributed by atoms with Crippen LogP contribution in [-0.4, -0.2) is 31.1 Å². The summed E-state index contributed by atoms with van der Waals surface area (Å²) in [7, 11) is -3.67. The lowest BCUT2D eigenvalue weighted by atomic mass is 10.1. The van der Waals surface area contributed by atoms with Gasteiger partial charge in [-0.25, -0.2) is 13.6 Å². The molecule has 1 aromatic heterocycles. The minimum Gasteiger partial charge on any atom is -0.350 e. The van der Waals surface area contributed by atoms with Gasteiger partial charge in [-0.15, -0.1) is 0 Å². The molecular formula is C15H18N4O3S. The number of rotatable bonds is 6. The Bertz CT molecular complexity index is 808. The summed E-state index contributed by atoms with van der Waals surface area (Å²) >= 11 is 0. The first kappa shape index (κ1) is 15.7. The van der Waals surface area contributed by atoms with Crippen LogP contribution in [0, 0.1) is 0 Å². The topological polar surface area (TPSA) is 118 Å². The molecule has 1 aliphatic carbocycles. The van der Waals surface area contributed by atoms with Gasteiger partial charge in [0.2, 0.25) is 10.0 Å². The fourth-order valence-electron chi connectivity index (χ4n) is 2.31. The molecule has 23 heavy (non-hydrogen) atoms. The third-order valence-corrected chi connectivity index (χ3v) is 4.73. The minimum absolute atomic E-state index is 0.0782. The van der Waals surface area contributed by atoms with E-state index >= 15 is 0 Å². The normalized spacial score (nSPS) is 14.7. The maximum atomic E-state index is 12.0. The SMILES string of the molecule is NS(=O)(=O)c1ccc(CCNC(=O)c2cc(C3CC3)[nH]n2)cc1. The van der Waals surface area contributed by atoms with Crippen molar-refractivity contribution in [3.63, 3.8) is 0 Å². The van der Waals surface area contributed by atoms with Gasteiger partial charge in [0.05, 0.1) is 4.90 Å². The Morgan fingerprint density at radius 1 is 1.30 bits per heavy atom. The highest BCUT2D eigenvalue weighted by atomic mass is 32.2. The summed E-state index contributed by atoms with van der Waals surface area (Å²) in [6, 6.07) is 8.09. The van der Waals surface area contributed by atoms with E-state index < -0.39 is 10.0 Å². The predicted molar refractivity (Wildman–Crippen MR) is 84.4 cm³/mol. The fourth-order valence-corrected chi connectivity index (χ4v) is 2.83. The molecule has 1 aromatic carbocycles. The molecule has 8 heteroatoms. The van der Waals surface area contributed by atoms with Gasteiger partial charge in [0.15, 0.2) is 0 Å². The second-order valence-electron chi connectivity index (χ2n) is 5.68. The molecule has 0 unspecified atom stereocenters. The summed E-state index contributed by atoms with van der Waals surface area (Å²) in [4.78, 5) is 12.1. The first-order valence-electron chi connectivity index (χ1n) is 7.39. The Hall–Kier alpha value is -2.19. The monoisotopic (exact) mass is 334 g/mol. The molecule has 3 rings (SSSR count). The molecule has 0 radical (unpaired) electrons. The lowest BCUT2D eigenvalue weighted by Gasteiger charge is -2.04. The minimum atomic E-state index is -3.67. The zero-order valence-electron chi connectivity index (χ0n) is 12.5. The van der Waals surface area contributed by atoms with Crippen molar-refractivity contribution in [3.8, 4) is 0 Å². The van der Waals surface area contributed by atoms with Crippen LogP contribution in [0.25, 0.3) is 0 Å². The highest BCUT2D eigenvalue weighted by Crippen LogP contribution is 2.38. The summed E-state index contributed by atoms with van der Waals surface area (Å²) in [5.74, 6) is 0.315. The van der Waals surface area contributed by atoms with Crippen LogP contribution >= 0.6 is 0 Å². The number of aromatic amines is 1. The van der Waals surface area contributed by atoms with Crippen molar-refractivity contribution in [2.45, 2.75) is 30.1 Å². The molecule has 1 amide bonds. The van der Waals surface area contributed by atoms with Gasteiger partial charge in [0.25, 0.3) is 5.91 Å². The van der Waals surface area contributed by atoms with Crippen LogP contribution < -0.4 is 10.5 Å². The molecule has 2 aromatic rings. The van der Waals surface area contributed by atoms with Crippen molar-refractivity contribution in [2.24, 2.45) is 5.14 Å². The fraction of sp³-hybridized carbons (Fsp3) is 0.333. The van der Waals surface area contributed by atoms with Crippen LogP contribution in [0.5, 0.6) is 0 Å². The van der Waals surface area contributed by atoms with Gasteiger partial charge >= 0.3 is 0 Å². The van der Waals surface area contributed by atoms with E-state index in [-0.39, 0.29) is 10.8 Å². The molecule has 0 aliphatic heterocycles. The molecule has 1 saturated carbocycles. The third kappa shape index (κ3) is 3.96. The Morgan fingerprint density at radius 2 is 2.00 bits per heavy atom. The van der Waals surface area contributed by atoms with Gasteiger partial charge in [-0.1, -0.05) is 12.1 Å². The quantitative estimate of drug-likeness (QED) is 0.727. The number of nitrogens with zero attached hydrogens (tertiary/aromatic N) is 1. The highest BCUT2D eigenvalue weighted by molar-refractivity contribution is 7.89. The van der Waals surface area contributed by atoms with Gasteiger partial charge in [0.1, 0.15) is 5.69 Å².